The maximum atomic E-state index is 12.6. The van der Waals surface area contributed by atoms with Crippen LogP contribution in [0.25, 0.3) is 10.9 Å². The van der Waals surface area contributed by atoms with Crippen LogP contribution in [0.3, 0.4) is 0 Å². The molecule has 0 aliphatic carbocycles. The van der Waals surface area contributed by atoms with Crippen LogP contribution in [-0.2, 0) is 11.3 Å². The van der Waals surface area contributed by atoms with Crippen LogP contribution in [0.15, 0.2) is 29.1 Å². The number of rotatable bonds is 8. The van der Waals surface area contributed by atoms with Gasteiger partial charge in [-0.3, -0.25) is 4.79 Å². The van der Waals surface area contributed by atoms with Gasteiger partial charge < -0.3 is 24.7 Å². The maximum absolute atomic E-state index is 12.6. The van der Waals surface area contributed by atoms with Gasteiger partial charge in [0.2, 0.25) is 0 Å². The molecule has 1 aliphatic rings. The number of aromatic nitrogens is 1. The largest absolute Gasteiger partial charge is 0.494 e. The zero-order valence-corrected chi connectivity index (χ0v) is 17.4. The molecule has 2 aromatic rings. The van der Waals surface area contributed by atoms with Crippen molar-refractivity contribution in [1.29, 1.82) is 0 Å². The third-order valence-corrected chi connectivity index (χ3v) is 5.23. The molecule has 1 atom stereocenters. The van der Waals surface area contributed by atoms with Crippen LogP contribution in [0.4, 0.5) is 0 Å². The highest BCUT2D eigenvalue weighted by Crippen LogP contribution is 2.20. The number of nitrogens with zero attached hydrogens (tertiary/aromatic N) is 1. The number of pyridine rings is 1. The summed E-state index contributed by atoms with van der Waals surface area (Å²) >= 11 is 5.60. The Morgan fingerprint density at radius 2 is 2.25 bits per heavy atom. The first kappa shape index (κ1) is 20.6. The van der Waals surface area contributed by atoms with Crippen molar-refractivity contribution < 1.29 is 9.47 Å². The third kappa shape index (κ3) is 5.23. The SMILES string of the molecule is CCCNC(=S)N(Cc1cc2cc(OCC)ccc2[nH]c1=O)C[C@H]1CCCO1. The van der Waals surface area contributed by atoms with Gasteiger partial charge in [0.25, 0.3) is 5.56 Å². The Kier molecular flexibility index (Phi) is 7.28. The Morgan fingerprint density at radius 1 is 1.39 bits per heavy atom. The van der Waals surface area contributed by atoms with E-state index in [4.69, 9.17) is 21.7 Å². The van der Waals surface area contributed by atoms with E-state index >= 15 is 0 Å². The molecule has 6 nitrogen and oxygen atoms in total. The average molecular weight is 404 g/mol. The molecule has 28 heavy (non-hydrogen) atoms. The van der Waals surface area contributed by atoms with Crippen LogP contribution in [0.2, 0.25) is 0 Å². The summed E-state index contributed by atoms with van der Waals surface area (Å²) in [5, 5.41) is 4.89. The molecule has 1 aliphatic heterocycles. The molecule has 1 fully saturated rings. The number of H-pyrrole nitrogens is 1. The summed E-state index contributed by atoms with van der Waals surface area (Å²) < 4.78 is 11.4. The standard InChI is InChI=1S/C21H29N3O3S/c1-3-9-22-21(28)24(14-18-6-5-10-27-18)13-16-11-15-12-17(26-4-2)7-8-19(15)23-20(16)25/h7-8,11-12,18H,3-6,9-10,13-14H2,1-2H3,(H,22,28)(H,23,25)/t18-/m1/s1. The predicted molar refractivity (Wildman–Crippen MR) is 116 cm³/mol. The highest BCUT2D eigenvalue weighted by atomic mass is 32.1. The van der Waals surface area contributed by atoms with Gasteiger partial charge in [-0.25, -0.2) is 0 Å². The predicted octanol–water partition coefficient (Wildman–Crippen LogP) is 3.19. The van der Waals surface area contributed by atoms with Crippen molar-refractivity contribution in [2.24, 2.45) is 0 Å². The molecule has 0 spiro atoms. The molecule has 0 unspecified atom stereocenters. The van der Waals surface area contributed by atoms with Gasteiger partial charge in [0.1, 0.15) is 5.75 Å². The van der Waals surface area contributed by atoms with Gasteiger partial charge in [0.15, 0.2) is 5.11 Å². The zero-order valence-electron chi connectivity index (χ0n) is 16.6. The third-order valence-electron chi connectivity index (χ3n) is 4.83. The van der Waals surface area contributed by atoms with Gasteiger partial charge in [0.05, 0.1) is 19.3 Å². The van der Waals surface area contributed by atoms with Crippen molar-refractivity contribution in [3.8, 4) is 5.75 Å². The van der Waals surface area contributed by atoms with Crippen LogP contribution in [-0.4, -0.2) is 47.4 Å². The quantitative estimate of drug-likeness (QED) is 0.660. The Morgan fingerprint density at radius 3 is 2.96 bits per heavy atom. The first-order valence-corrected chi connectivity index (χ1v) is 10.4. The van der Waals surface area contributed by atoms with Crippen molar-refractivity contribution in [2.75, 3.05) is 26.3 Å². The van der Waals surface area contributed by atoms with Gasteiger partial charge in [-0.2, -0.15) is 0 Å². The summed E-state index contributed by atoms with van der Waals surface area (Å²) in [6.07, 6.45) is 3.25. The number of ether oxygens (including phenoxy) is 2. The fourth-order valence-corrected chi connectivity index (χ4v) is 3.65. The van der Waals surface area contributed by atoms with Gasteiger partial charge >= 0.3 is 0 Å². The van der Waals surface area contributed by atoms with E-state index in [1.54, 1.807) is 0 Å². The minimum Gasteiger partial charge on any atom is -0.494 e. The molecular weight excluding hydrogens is 374 g/mol. The van der Waals surface area contributed by atoms with Crippen molar-refractivity contribution in [3.05, 3.63) is 40.2 Å². The molecule has 0 radical (unpaired) electrons. The second kappa shape index (κ2) is 9.89. The highest BCUT2D eigenvalue weighted by molar-refractivity contribution is 7.80. The molecular formula is C21H29N3O3S. The molecule has 2 heterocycles. The van der Waals surface area contributed by atoms with Gasteiger partial charge in [-0.1, -0.05) is 6.92 Å². The number of thiocarbonyl (C=S) groups is 1. The first-order valence-electron chi connectivity index (χ1n) is 10.0. The van der Waals surface area contributed by atoms with Gasteiger partial charge in [-0.15, -0.1) is 0 Å². The van der Waals surface area contributed by atoms with Crippen molar-refractivity contribution in [2.45, 2.75) is 45.8 Å². The molecule has 1 aromatic carbocycles. The van der Waals surface area contributed by atoms with Crippen molar-refractivity contribution in [1.82, 2.24) is 15.2 Å². The summed E-state index contributed by atoms with van der Waals surface area (Å²) in [6, 6.07) is 7.63. The molecule has 152 valence electrons. The molecule has 1 saturated heterocycles. The zero-order chi connectivity index (χ0) is 19.9. The molecule has 2 N–H and O–H groups in total. The second-order valence-electron chi connectivity index (χ2n) is 7.05. The van der Waals surface area contributed by atoms with E-state index in [9.17, 15) is 4.79 Å². The first-order chi connectivity index (χ1) is 13.6. The lowest BCUT2D eigenvalue weighted by molar-refractivity contribution is 0.0897. The molecule has 7 heteroatoms. The lowest BCUT2D eigenvalue weighted by Crippen LogP contribution is -2.44. The van der Waals surface area contributed by atoms with Crippen LogP contribution < -0.4 is 15.6 Å². The summed E-state index contributed by atoms with van der Waals surface area (Å²) in [7, 11) is 0. The van der Waals surface area contributed by atoms with Crippen LogP contribution in [0, 0.1) is 0 Å². The Labute approximate surface area is 171 Å². The molecule has 3 rings (SSSR count). The fourth-order valence-electron chi connectivity index (χ4n) is 3.41. The number of benzene rings is 1. The monoisotopic (exact) mass is 403 g/mol. The molecule has 0 bridgehead atoms. The lowest BCUT2D eigenvalue weighted by Gasteiger charge is -2.28. The number of nitrogens with one attached hydrogen (secondary N) is 2. The van der Waals surface area contributed by atoms with E-state index in [2.05, 4.69) is 17.2 Å². The number of aromatic amines is 1. The average Bonchev–Trinajstić information content (AvgIpc) is 3.19. The maximum Gasteiger partial charge on any atom is 0.253 e. The summed E-state index contributed by atoms with van der Waals surface area (Å²) in [4.78, 5) is 17.7. The van der Waals surface area contributed by atoms with E-state index in [-0.39, 0.29) is 11.7 Å². The molecule has 0 amide bonds. The minimum absolute atomic E-state index is 0.0905. The number of fused-ring (bicyclic) bond motifs is 1. The Balaban J connectivity index is 1.84. The topological polar surface area (TPSA) is 66.6 Å². The van der Waals surface area contributed by atoms with Gasteiger partial charge in [-0.05, 0) is 62.7 Å². The van der Waals surface area contributed by atoms with E-state index in [1.165, 1.54) is 0 Å². The van der Waals surface area contributed by atoms with E-state index in [0.29, 0.717) is 30.4 Å². The van der Waals surface area contributed by atoms with Crippen LogP contribution in [0.5, 0.6) is 5.75 Å². The Bertz CT molecular complexity index is 862. The van der Waals surface area contributed by atoms with E-state index in [0.717, 1.165) is 49.1 Å². The minimum atomic E-state index is -0.0905. The Hall–Kier alpha value is -2.12. The van der Waals surface area contributed by atoms with E-state index < -0.39 is 0 Å². The highest BCUT2D eigenvalue weighted by Gasteiger charge is 2.22. The summed E-state index contributed by atoms with van der Waals surface area (Å²) in [5.74, 6) is 0.796. The smallest absolute Gasteiger partial charge is 0.253 e. The number of hydrogen-bond donors (Lipinski definition) is 2. The molecule has 0 saturated carbocycles. The summed E-state index contributed by atoms with van der Waals surface area (Å²) in [5.41, 5.74) is 1.39. The molecule has 1 aromatic heterocycles. The van der Waals surface area contributed by atoms with Crippen molar-refractivity contribution in [3.63, 3.8) is 0 Å². The lowest BCUT2D eigenvalue weighted by atomic mass is 10.1. The van der Waals surface area contributed by atoms with Gasteiger partial charge in [0, 0.05) is 36.2 Å². The fraction of sp³-hybridized carbons (Fsp3) is 0.524. The number of hydrogen-bond acceptors (Lipinski definition) is 4. The normalized spacial score (nSPS) is 16.3. The van der Waals surface area contributed by atoms with E-state index in [1.807, 2.05) is 36.1 Å². The van der Waals surface area contributed by atoms with Crippen LogP contribution >= 0.6 is 12.2 Å². The van der Waals surface area contributed by atoms with Crippen LogP contribution in [0.1, 0.15) is 38.7 Å². The summed E-state index contributed by atoms with van der Waals surface area (Å²) in [6.45, 7) is 7.40. The second-order valence-corrected chi connectivity index (χ2v) is 7.44. The van der Waals surface area contributed by atoms with Crippen molar-refractivity contribution >= 4 is 28.2 Å².